The molecule has 0 saturated carbocycles. The fraction of sp³-hybridized carbons (Fsp3) is 0.316. The summed E-state index contributed by atoms with van der Waals surface area (Å²) in [4.78, 5) is 14.3. The van der Waals surface area contributed by atoms with Crippen LogP contribution in [0.25, 0.3) is 0 Å². The van der Waals surface area contributed by atoms with Crippen molar-refractivity contribution >= 4 is 27.3 Å². The number of carbonyl (C=O) groups is 1. The summed E-state index contributed by atoms with van der Waals surface area (Å²) < 4.78 is 27.9. The minimum atomic E-state index is -3.66. The average molecular weight is 356 g/mol. The standard InChI is InChI=1S/C19H20N2O3S/c1-19(2)15-12-14(8-9-17(15)20(3)18(19)22)25(23,24)21-11-10-13-6-4-5-7-16(13)21/h4-9,12H,10-11H2,1-3H3. The zero-order chi connectivity index (χ0) is 18.0. The van der Waals surface area contributed by atoms with Gasteiger partial charge in [-0.05, 0) is 55.7 Å². The molecule has 2 aromatic carbocycles. The van der Waals surface area contributed by atoms with Gasteiger partial charge in [-0.15, -0.1) is 0 Å². The number of anilines is 2. The Hall–Kier alpha value is -2.34. The second kappa shape index (κ2) is 5.08. The number of rotatable bonds is 2. The van der Waals surface area contributed by atoms with Crippen LogP contribution in [0, 0.1) is 0 Å². The number of fused-ring (bicyclic) bond motifs is 2. The molecule has 25 heavy (non-hydrogen) atoms. The molecule has 0 spiro atoms. The van der Waals surface area contributed by atoms with E-state index in [0.29, 0.717) is 13.0 Å². The molecule has 5 nitrogen and oxygen atoms in total. The molecule has 0 unspecified atom stereocenters. The highest BCUT2D eigenvalue weighted by molar-refractivity contribution is 7.92. The van der Waals surface area contributed by atoms with Crippen molar-refractivity contribution < 1.29 is 13.2 Å². The topological polar surface area (TPSA) is 57.7 Å². The Morgan fingerprint density at radius 3 is 2.52 bits per heavy atom. The van der Waals surface area contributed by atoms with Crippen LogP contribution in [0.4, 0.5) is 11.4 Å². The molecular weight excluding hydrogens is 336 g/mol. The minimum Gasteiger partial charge on any atom is -0.314 e. The third-order valence-corrected chi connectivity index (χ3v) is 7.08. The lowest BCUT2D eigenvalue weighted by Gasteiger charge is -2.21. The van der Waals surface area contributed by atoms with Crippen molar-refractivity contribution in [3.05, 3.63) is 53.6 Å². The van der Waals surface area contributed by atoms with Crippen LogP contribution in [0.15, 0.2) is 47.4 Å². The van der Waals surface area contributed by atoms with Gasteiger partial charge in [-0.3, -0.25) is 9.10 Å². The van der Waals surface area contributed by atoms with Gasteiger partial charge in [-0.25, -0.2) is 8.42 Å². The highest BCUT2D eigenvalue weighted by Gasteiger charge is 2.43. The molecular formula is C19H20N2O3S. The van der Waals surface area contributed by atoms with Crippen LogP contribution in [0.2, 0.25) is 0 Å². The predicted molar refractivity (Wildman–Crippen MR) is 97.6 cm³/mol. The van der Waals surface area contributed by atoms with E-state index in [1.165, 1.54) is 4.31 Å². The number of hydrogen-bond donors (Lipinski definition) is 0. The monoisotopic (exact) mass is 356 g/mol. The molecule has 1 amide bonds. The molecule has 130 valence electrons. The van der Waals surface area contributed by atoms with Gasteiger partial charge in [0.15, 0.2) is 0 Å². The van der Waals surface area contributed by atoms with E-state index < -0.39 is 15.4 Å². The summed E-state index contributed by atoms with van der Waals surface area (Å²) in [6.07, 6.45) is 0.715. The molecule has 0 saturated heterocycles. The molecule has 2 aliphatic heterocycles. The van der Waals surface area contributed by atoms with Gasteiger partial charge in [0.25, 0.3) is 10.0 Å². The summed E-state index contributed by atoms with van der Waals surface area (Å²) in [6.45, 7) is 4.11. The number of amides is 1. The second-order valence-electron chi connectivity index (χ2n) is 7.12. The fourth-order valence-corrected chi connectivity index (χ4v) is 5.33. The number of likely N-dealkylation sites (N-methyl/N-ethyl adjacent to an activating group) is 1. The first-order valence-corrected chi connectivity index (χ1v) is 9.72. The lowest BCUT2D eigenvalue weighted by Crippen LogP contribution is -2.33. The van der Waals surface area contributed by atoms with Crippen LogP contribution in [0.3, 0.4) is 0 Å². The maximum absolute atomic E-state index is 13.2. The SMILES string of the molecule is CN1C(=O)C(C)(C)c2cc(S(=O)(=O)N3CCc4ccccc43)ccc21. The maximum Gasteiger partial charge on any atom is 0.264 e. The van der Waals surface area contributed by atoms with Crippen LogP contribution >= 0.6 is 0 Å². The van der Waals surface area contributed by atoms with Crippen molar-refractivity contribution in [2.75, 3.05) is 22.8 Å². The first-order chi connectivity index (χ1) is 11.7. The molecule has 0 atom stereocenters. The Morgan fingerprint density at radius 2 is 1.76 bits per heavy atom. The molecule has 6 heteroatoms. The Kier molecular flexibility index (Phi) is 3.28. The fourth-order valence-electron chi connectivity index (χ4n) is 3.80. The van der Waals surface area contributed by atoms with Crippen molar-refractivity contribution in [2.45, 2.75) is 30.6 Å². The Labute approximate surface area is 147 Å². The molecule has 0 N–H and O–H groups in total. The van der Waals surface area contributed by atoms with E-state index in [4.69, 9.17) is 0 Å². The van der Waals surface area contributed by atoms with E-state index in [2.05, 4.69) is 0 Å². The van der Waals surface area contributed by atoms with Gasteiger partial charge < -0.3 is 4.90 Å². The van der Waals surface area contributed by atoms with E-state index in [1.54, 1.807) is 30.1 Å². The highest BCUT2D eigenvalue weighted by Crippen LogP contribution is 2.42. The number of para-hydroxylation sites is 1. The molecule has 4 rings (SSSR count). The summed E-state index contributed by atoms with van der Waals surface area (Å²) in [5.74, 6) is -0.0245. The van der Waals surface area contributed by atoms with Gasteiger partial charge in [-0.2, -0.15) is 0 Å². The van der Waals surface area contributed by atoms with Crippen molar-refractivity contribution in [3.8, 4) is 0 Å². The van der Waals surface area contributed by atoms with E-state index >= 15 is 0 Å². The smallest absolute Gasteiger partial charge is 0.264 e. The van der Waals surface area contributed by atoms with Gasteiger partial charge in [0, 0.05) is 19.3 Å². The van der Waals surface area contributed by atoms with E-state index in [1.807, 2.05) is 38.1 Å². The predicted octanol–water partition coefficient (Wildman–Crippen LogP) is 2.69. The van der Waals surface area contributed by atoms with E-state index in [9.17, 15) is 13.2 Å². The Morgan fingerprint density at radius 1 is 1.04 bits per heavy atom. The lowest BCUT2D eigenvalue weighted by molar-refractivity contribution is -0.121. The number of benzene rings is 2. The van der Waals surface area contributed by atoms with Gasteiger partial charge in [0.05, 0.1) is 16.0 Å². The maximum atomic E-state index is 13.2. The second-order valence-corrected chi connectivity index (χ2v) is 8.99. The van der Waals surface area contributed by atoms with Gasteiger partial charge >= 0.3 is 0 Å². The number of hydrogen-bond acceptors (Lipinski definition) is 3. The van der Waals surface area contributed by atoms with Crippen LogP contribution in [-0.4, -0.2) is 27.9 Å². The average Bonchev–Trinajstić information content (AvgIpc) is 3.10. The quantitative estimate of drug-likeness (QED) is 0.831. The summed E-state index contributed by atoms with van der Waals surface area (Å²) in [6, 6.07) is 12.6. The molecule has 0 radical (unpaired) electrons. The van der Waals surface area contributed by atoms with Crippen molar-refractivity contribution in [3.63, 3.8) is 0 Å². The van der Waals surface area contributed by atoms with Crippen LogP contribution in [0.5, 0.6) is 0 Å². The van der Waals surface area contributed by atoms with E-state index in [0.717, 1.165) is 22.5 Å². The first-order valence-electron chi connectivity index (χ1n) is 8.28. The van der Waals surface area contributed by atoms with E-state index in [-0.39, 0.29) is 10.8 Å². The van der Waals surface area contributed by atoms with Gasteiger partial charge in [0.2, 0.25) is 5.91 Å². The van der Waals surface area contributed by atoms with Crippen molar-refractivity contribution in [1.29, 1.82) is 0 Å². The molecule has 2 aromatic rings. The summed E-state index contributed by atoms with van der Waals surface area (Å²) in [5.41, 5.74) is 2.60. The summed E-state index contributed by atoms with van der Waals surface area (Å²) in [7, 11) is -1.93. The normalized spacial score (nSPS) is 18.4. The zero-order valence-electron chi connectivity index (χ0n) is 14.5. The summed E-state index contributed by atoms with van der Waals surface area (Å²) in [5, 5.41) is 0. The van der Waals surface area contributed by atoms with Gasteiger partial charge in [0.1, 0.15) is 0 Å². The molecule has 2 heterocycles. The Bertz CT molecular complexity index is 995. The molecule has 2 aliphatic rings. The molecule has 0 aliphatic carbocycles. The molecule has 0 fully saturated rings. The minimum absolute atomic E-state index is 0.0245. The first kappa shape index (κ1) is 16.1. The number of sulfonamides is 1. The third-order valence-electron chi connectivity index (χ3n) is 5.27. The van der Waals surface area contributed by atoms with Gasteiger partial charge in [-0.1, -0.05) is 18.2 Å². The summed E-state index contributed by atoms with van der Waals surface area (Å²) >= 11 is 0. The third kappa shape index (κ3) is 2.13. The highest BCUT2D eigenvalue weighted by atomic mass is 32.2. The largest absolute Gasteiger partial charge is 0.314 e. The van der Waals surface area contributed by atoms with Crippen molar-refractivity contribution in [1.82, 2.24) is 0 Å². The number of nitrogens with zero attached hydrogens (tertiary/aromatic N) is 2. The lowest BCUT2D eigenvalue weighted by atomic mass is 9.86. The van der Waals surface area contributed by atoms with Crippen LogP contribution in [-0.2, 0) is 26.7 Å². The Balaban J connectivity index is 1.82. The zero-order valence-corrected chi connectivity index (χ0v) is 15.3. The van der Waals surface area contributed by atoms with Crippen LogP contribution in [0.1, 0.15) is 25.0 Å². The van der Waals surface area contributed by atoms with Crippen LogP contribution < -0.4 is 9.21 Å². The molecule has 0 aromatic heterocycles. The number of carbonyl (C=O) groups excluding carboxylic acids is 1. The van der Waals surface area contributed by atoms with Crippen molar-refractivity contribution in [2.24, 2.45) is 0 Å². The molecule has 0 bridgehead atoms.